The molecule has 1 amide bonds. The molecule has 136 valence electrons. The molecule has 4 rings (SSSR count). The van der Waals surface area contributed by atoms with Gasteiger partial charge in [-0.15, -0.1) is 0 Å². The fraction of sp³-hybridized carbons (Fsp3) is 0.316. The standard InChI is InChI=1S/C19H19F2N3OS/c20-14-1-5-16(6-2-14)24-13-22-18(25)19(24)9-11-23(12-10-19)26-17-7-3-15(21)4-8-17/h1-8H,9-13H2,(H,22,25). The molecule has 26 heavy (non-hydrogen) atoms. The largest absolute Gasteiger partial charge is 0.339 e. The molecule has 4 nitrogen and oxygen atoms in total. The van der Waals surface area contributed by atoms with E-state index in [4.69, 9.17) is 0 Å². The van der Waals surface area contributed by atoms with Gasteiger partial charge in [-0.2, -0.15) is 0 Å². The van der Waals surface area contributed by atoms with Gasteiger partial charge in [0.1, 0.15) is 17.2 Å². The lowest BCUT2D eigenvalue weighted by molar-refractivity contribution is -0.124. The van der Waals surface area contributed by atoms with Gasteiger partial charge in [-0.3, -0.25) is 4.79 Å². The van der Waals surface area contributed by atoms with Crippen LogP contribution in [-0.4, -0.2) is 35.5 Å². The topological polar surface area (TPSA) is 35.6 Å². The zero-order valence-electron chi connectivity index (χ0n) is 14.1. The molecule has 2 fully saturated rings. The molecule has 2 heterocycles. The maximum atomic E-state index is 13.2. The molecule has 0 aliphatic carbocycles. The molecule has 2 aliphatic heterocycles. The van der Waals surface area contributed by atoms with E-state index in [-0.39, 0.29) is 17.5 Å². The average Bonchev–Trinajstić information content (AvgIpc) is 2.96. The third-order valence-corrected chi connectivity index (χ3v) is 6.18. The molecule has 0 atom stereocenters. The molecule has 2 aromatic rings. The normalized spacial score (nSPS) is 19.8. The first kappa shape index (κ1) is 17.3. The number of nitrogens with zero attached hydrogens (tertiary/aromatic N) is 2. The van der Waals surface area contributed by atoms with Crippen molar-refractivity contribution in [3.05, 3.63) is 60.2 Å². The van der Waals surface area contributed by atoms with E-state index in [9.17, 15) is 13.6 Å². The van der Waals surface area contributed by atoms with Crippen LogP contribution in [-0.2, 0) is 4.79 Å². The lowest BCUT2D eigenvalue weighted by atomic mass is 9.86. The van der Waals surface area contributed by atoms with Crippen LogP contribution in [0, 0.1) is 11.6 Å². The van der Waals surface area contributed by atoms with Crippen LogP contribution in [0.25, 0.3) is 0 Å². The van der Waals surface area contributed by atoms with E-state index < -0.39 is 5.54 Å². The Morgan fingerprint density at radius 2 is 1.50 bits per heavy atom. The first-order chi connectivity index (χ1) is 12.6. The molecule has 2 saturated heterocycles. The molecular formula is C19H19F2N3OS. The van der Waals surface area contributed by atoms with Crippen molar-refractivity contribution < 1.29 is 13.6 Å². The summed E-state index contributed by atoms with van der Waals surface area (Å²) in [4.78, 5) is 15.6. The van der Waals surface area contributed by atoms with Crippen LogP contribution in [0.2, 0.25) is 0 Å². The van der Waals surface area contributed by atoms with Crippen molar-refractivity contribution in [2.45, 2.75) is 23.3 Å². The Bertz CT molecular complexity index is 789. The highest BCUT2D eigenvalue weighted by atomic mass is 32.2. The Labute approximate surface area is 155 Å². The number of halogens is 2. The number of benzene rings is 2. The van der Waals surface area contributed by atoms with Gasteiger partial charge >= 0.3 is 0 Å². The molecule has 0 unspecified atom stereocenters. The molecule has 0 radical (unpaired) electrons. The van der Waals surface area contributed by atoms with Gasteiger partial charge in [0.2, 0.25) is 5.91 Å². The highest BCUT2D eigenvalue weighted by Gasteiger charge is 2.50. The predicted molar refractivity (Wildman–Crippen MR) is 97.7 cm³/mol. The molecular weight excluding hydrogens is 356 g/mol. The second kappa shape index (κ2) is 6.89. The van der Waals surface area contributed by atoms with Crippen LogP contribution in [0.15, 0.2) is 53.4 Å². The van der Waals surface area contributed by atoms with Crippen LogP contribution in [0.4, 0.5) is 14.5 Å². The zero-order valence-corrected chi connectivity index (χ0v) is 14.9. The molecule has 0 saturated carbocycles. The minimum atomic E-state index is -0.586. The number of carbonyl (C=O) groups excluding carboxylic acids is 1. The van der Waals surface area contributed by atoms with Crippen molar-refractivity contribution >= 4 is 23.5 Å². The van der Waals surface area contributed by atoms with E-state index >= 15 is 0 Å². The van der Waals surface area contributed by atoms with Gasteiger partial charge < -0.3 is 10.2 Å². The first-order valence-corrected chi connectivity index (χ1v) is 9.34. The average molecular weight is 375 g/mol. The van der Waals surface area contributed by atoms with E-state index in [2.05, 4.69) is 14.5 Å². The summed E-state index contributed by atoms with van der Waals surface area (Å²) in [6.07, 6.45) is 1.37. The summed E-state index contributed by atoms with van der Waals surface area (Å²) in [6.45, 7) is 1.93. The van der Waals surface area contributed by atoms with Crippen LogP contribution in [0.1, 0.15) is 12.8 Å². The van der Waals surface area contributed by atoms with E-state index in [1.165, 1.54) is 24.3 Å². The minimum Gasteiger partial charge on any atom is -0.339 e. The smallest absolute Gasteiger partial charge is 0.247 e. The Hall–Kier alpha value is -2.12. The van der Waals surface area contributed by atoms with Gasteiger partial charge in [-0.25, -0.2) is 13.1 Å². The summed E-state index contributed by atoms with van der Waals surface area (Å²) in [5, 5.41) is 2.94. The molecule has 0 aromatic heterocycles. The van der Waals surface area contributed by atoms with Crippen LogP contribution >= 0.6 is 11.9 Å². The summed E-state index contributed by atoms with van der Waals surface area (Å²) in [5.74, 6) is -0.496. The summed E-state index contributed by atoms with van der Waals surface area (Å²) in [7, 11) is 0. The SMILES string of the molecule is O=C1NCN(c2ccc(F)cc2)C12CCN(Sc1ccc(F)cc1)CC2. The molecule has 2 aromatic carbocycles. The quantitative estimate of drug-likeness (QED) is 0.834. The van der Waals surface area contributed by atoms with Crippen molar-refractivity contribution in [2.75, 3.05) is 24.7 Å². The van der Waals surface area contributed by atoms with Crippen LogP contribution < -0.4 is 10.2 Å². The number of hydrogen-bond donors (Lipinski definition) is 1. The molecule has 1 N–H and O–H groups in total. The van der Waals surface area contributed by atoms with E-state index in [1.807, 2.05) is 0 Å². The van der Waals surface area contributed by atoms with Gasteiger partial charge in [0.05, 0.1) is 6.67 Å². The highest BCUT2D eigenvalue weighted by Crippen LogP contribution is 2.38. The lowest BCUT2D eigenvalue weighted by Crippen LogP contribution is -2.55. The van der Waals surface area contributed by atoms with Crippen molar-refractivity contribution in [1.82, 2.24) is 9.62 Å². The molecule has 2 aliphatic rings. The summed E-state index contributed by atoms with van der Waals surface area (Å²) >= 11 is 1.58. The maximum absolute atomic E-state index is 13.2. The van der Waals surface area contributed by atoms with Crippen molar-refractivity contribution in [3.63, 3.8) is 0 Å². The number of piperidine rings is 1. The van der Waals surface area contributed by atoms with Gasteiger partial charge in [0, 0.05) is 23.7 Å². The maximum Gasteiger partial charge on any atom is 0.247 e. The molecule has 7 heteroatoms. The number of nitrogens with one attached hydrogen (secondary N) is 1. The second-order valence-electron chi connectivity index (χ2n) is 6.57. The summed E-state index contributed by atoms with van der Waals surface area (Å²) in [5.41, 5.74) is 0.266. The minimum absolute atomic E-state index is 0.0354. The number of amides is 1. The van der Waals surface area contributed by atoms with Crippen molar-refractivity contribution in [3.8, 4) is 0 Å². The van der Waals surface area contributed by atoms with Crippen LogP contribution in [0.3, 0.4) is 0 Å². The fourth-order valence-electron chi connectivity index (χ4n) is 3.64. The van der Waals surface area contributed by atoms with Gasteiger partial charge in [0.15, 0.2) is 0 Å². The van der Waals surface area contributed by atoms with Crippen molar-refractivity contribution in [2.24, 2.45) is 0 Å². The Kier molecular flexibility index (Phi) is 4.58. The Balaban J connectivity index is 1.47. The van der Waals surface area contributed by atoms with Crippen LogP contribution in [0.5, 0.6) is 0 Å². The van der Waals surface area contributed by atoms with Gasteiger partial charge in [-0.1, -0.05) is 0 Å². The summed E-state index contributed by atoms with van der Waals surface area (Å²) < 4.78 is 28.5. The second-order valence-corrected chi connectivity index (χ2v) is 7.74. The fourth-order valence-corrected chi connectivity index (χ4v) is 4.56. The van der Waals surface area contributed by atoms with E-state index in [1.54, 1.807) is 36.2 Å². The molecule has 1 spiro atoms. The number of anilines is 1. The Morgan fingerprint density at radius 3 is 2.12 bits per heavy atom. The van der Waals surface area contributed by atoms with E-state index in [0.29, 0.717) is 19.5 Å². The lowest BCUT2D eigenvalue weighted by Gasteiger charge is -2.42. The zero-order chi connectivity index (χ0) is 18.1. The molecule has 0 bridgehead atoms. The monoisotopic (exact) mass is 375 g/mol. The third-order valence-electron chi connectivity index (χ3n) is 5.07. The van der Waals surface area contributed by atoms with Crippen molar-refractivity contribution in [1.29, 1.82) is 0 Å². The number of carbonyl (C=O) groups is 1. The number of hydrogen-bond acceptors (Lipinski definition) is 4. The highest BCUT2D eigenvalue weighted by molar-refractivity contribution is 7.97. The van der Waals surface area contributed by atoms with E-state index in [0.717, 1.165) is 23.7 Å². The first-order valence-electron chi connectivity index (χ1n) is 8.57. The van der Waals surface area contributed by atoms with Gasteiger partial charge in [0.25, 0.3) is 0 Å². The predicted octanol–water partition coefficient (Wildman–Crippen LogP) is 3.40. The summed E-state index contributed by atoms with van der Waals surface area (Å²) in [6, 6.07) is 12.7. The number of rotatable bonds is 3. The third kappa shape index (κ3) is 3.17. The Morgan fingerprint density at radius 1 is 0.923 bits per heavy atom. The van der Waals surface area contributed by atoms with Gasteiger partial charge in [-0.05, 0) is 73.3 Å².